The number of rotatable bonds is 4. The SMILES string of the molecule is CC(C)(CNc1cccc(N)n1)C(N)=O. The van der Waals surface area contributed by atoms with Crippen molar-refractivity contribution in [1.29, 1.82) is 0 Å². The number of hydrogen-bond donors (Lipinski definition) is 3. The number of carbonyl (C=O) groups is 1. The fraction of sp³-hybridized carbons (Fsp3) is 0.400. The highest BCUT2D eigenvalue weighted by atomic mass is 16.1. The first-order valence-corrected chi connectivity index (χ1v) is 4.68. The molecule has 1 heterocycles. The normalized spacial score (nSPS) is 11.1. The summed E-state index contributed by atoms with van der Waals surface area (Å²) in [4.78, 5) is 15.1. The minimum atomic E-state index is -0.605. The molecule has 0 saturated heterocycles. The molecule has 0 aromatic carbocycles. The number of pyridine rings is 1. The fourth-order valence-electron chi connectivity index (χ4n) is 0.949. The molecule has 0 aliphatic carbocycles. The van der Waals surface area contributed by atoms with Crippen molar-refractivity contribution < 1.29 is 4.79 Å². The van der Waals surface area contributed by atoms with Gasteiger partial charge in [0.25, 0.3) is 0 Å². The summed E-state index contributed by atoms with van der Waals surface area (Å²) in [6.45, 7) is 3.97. The van der Waals surface area contributed by atoms with E-state index in [0.717, 1.165) is 0 Å². The summed E-state index contributed by atoms with van der Waals surface area (Å²) in [6.07, 6.45) is 0. The van der Waals surface area contributed by atoms with Gasteiger partial charge in [-0.15, -0.1) is 0 Å². The van der Waals surface area contributed by atoms with Gasteiger partial charge in [0.15, 0.2) is 0 Å². The van der Waals surface area contributed by atoms with Crippen LogP contribution in [0.15, 0.2) is 18.2 Å². The first-order chi connectivity index (χ1) is 6.92. The van der Waals surface area contributed by atoms with Gasteiger partial charge in [-0.1, -0.05) is 6.07 Å². The van der Waals surface area contributed by atoms with E-state index in [1.54, 1.807) is 32.0 Å². The lowest BCUT2D eigenvalue weighted by Gasteiger charge is -2.21. The first kappa shape index (κ1) is 11.3. The average molecular weight is 208 g/mol. The van der Waals surface area contributed by atoms with Crippen molar-refractivity contribution in [2.45, 2.75) is 13.8 Å². The van der Waals surface area contributed by atoms with Gasteiger partial charge in [0, 0.05) is 6.54 Å². The van der Waals surface area contributed by atoms with E-state index in [2.05, 4.69) is 10.3 Å². The molecule has 5 N–H and O–H groups in total. The molecule has 5 heteroatoms. The predicted octanol–water partition coefficient (Wildman–Crippen LogP) is 0.587. The summed E-state index contributed by atoms with van der Waals surface area (Å²) in [5.74, 6) is 0.736. The Balaban J connectivity index is 2.61. The van der Waals surface area contributed by atoms with Crippen LogP contribution in [0.5, 0.6) is 0 Å². The monoisotopic (exact) mass is 208 g/mol. The van der Waals surface area contributed by atoms with E-state index in [-0.39, 0.29) is 5.91 Å². The molecule has 0 saturated carbocycles. The van der Waals surface area contributed by atoms with Gasteiger partial charge in [-0.2, -0.15) is 0 Å². The summed E-state index contributed by atoms with van der Waals surface area (Å²) in [5, 5.41) is 3.02. The summed E-state index contributed by atoms with van der Waals surface area (Å²) >= 11 is 0. The molecular weight excluding hydrogens is 192 g/mol. The number of nitrogens with zero attached hydrogens (tertiary/aromatic N) is 1. The molecule has 82 valence electrons. The number of primary amides is 1. The van der Waals surface area contributed by atoms with Crippen molar-refractivity contribution in [2.24, 2.45) is 11.1 Å². The van der Waals surface area contributed by atoms with Crippen LogP contribution in [0, 0.1) is 5.41 Å². The molecule has 0 aliphatic heterocycles. The topological polar surface area (TPSA) is 94.0 Å². The highest BCUT2D eigenvalue weighted by Crippen LogP contribution is 2.15. The molecule has 0 unspecified atom stereocenters. The molecule has 0 aliphatic rings. The maximum atomic E-state index is 11.0. The van der Waals surface area contributed by atoms with Gasteiger partial charge in [-0.25, -0.2) is 4.98 Å². The Hall–Kier alpha value is -1.78. The standard InChI is InChI=1S/C10H16N4O/c1-10(2,9(12)15)6-13-8-5-3-4-7(11)14-8/h3-5H,6H2,1-2H3,(H2,12,15)(H3,11,13,14). The van der Waals surface area contributed by atoms with Gasteiger partial charge in [0.1, 0.15) is 11.6 Å². The molecule has 1 aromatic heterocycles. The molecule has 5 nitrogen and oxygen atoms in total. The van der Waals surface area contributed by atoms with E-state index in [1.165, 1.54) is 0 Å². The predicted molar refractivity (Wildman–Crippen MR) is 60.1 cm³/mol. The van der Waals surface area contributed by atoms with Crippen molar-refractivity contribution in [2.75, 3.05) is 17.6 Å². The van der Waals surface area contributed by atoms with Crippen molar-refractivity contribution >= 4 is 17.5 Å². The van der Waals surface area contributed by atoms with Crippen LogP contribution in [0.25, 0.3) is 0 Å². The van der Waals surface area contributed by atoms with E-state index < -0.39 is 5.41 Å². The maximum absolute atomic E-state index is 11.0. The molecule has 0 radical (unpaired) electrons. The van der Waals surface area contributed by atoms with Crippen LogP contribution in [-0.2, 0) is 4.79 Å². The van der Waals surface area contributed by atoms with Gasteiger partial charge in [0.05, 0.1) is 5.41 Å². The Morgan fingerprint density at radius 3 is 2.73 bits per heavy atom. The second kappa shape index (κ2) is 4.16. The van der Waals surface area contributed by atoms with Crippen LogP contribution in [0.2, 0.25) is 0 Å². The zero-order valence-electron chi connectivity index (χ0n) is 8.95. The summed E-state index contributed by atoms with van der Waals surface area (Å²) in [5.41, 5.74) is 10.2. The minimum Gasteiger partial charge on any atom is -0.384 e. The number of aromatic nitrogens is 1. The van der Waals surface area contributed by atoms with Crippen molar-refractivity contribution in [1.82, 2.24) is 4.98 Å². The minimum absolute atomic E-state index is 0.348. The molecule has 1 aromatic rings. The van der Waals surface area contributed by atoms with E-state index in [9.17, 15) is 4.79 Å². The Morgan fingerprint density at radius 1 is 1.53 bits per heavy atom. The van der Waals surface area contributed by atoms with E-state index in [4.69, 9.17) is 11.5 Å². The summed E-state index contributed by atoms with van der Waals surface area (Å²) < 4.78 is 0. The van der Waals surface area contributed by atoms with E-state index in [1.807, 2.05) is 0 Å². The Morgan fingerprint density at radius 2 is 2.20 bits per heavy atom. The number of nitrogens with two attached hydrogens (primary N) is 2. The van der Waals surface area contributed by atoms with Crippen molar-refractivity contribution in [3.63, 3.8) is 0 Å². The third-order valence-electron chi connectivity index (χ3n) is 2.15. The molecule has 0 atom stereocenters. The van der Waals surface area contributed by atoms with Gasteiger partial charge < -0.3 is 16.8 Å². The molecular formula is C10H16N4O. The van der Waals surface area contributed by atoms with Crippen molar-refractivity contribution in [3.8, 4) is 0 Å². The molecule has 0 bridgehead atoms. The van der Waals surface area contributed by atoms with Gasteiger partial charge in [0.2, 0.25) is 5.91 Å². The van der Waals surface area contributed by atoms with E-state index in [0.29, 0.717) is 18.2 Å². The second-order valence-corrected chi connectivity index (χ2v) is 4.05. The Bertz CT molecular complexity index is 362. The van der Waals surface area contributed by atoms with Crippen molar-refractivity contribution in [3.05, 3.63) is 18.2 Å². The zero-order chi connectivity index (χ0) is 11.5. The van der Waals surface area contributed by atoms with Crippen LogP contribution < -0.4 is 16.8 Å². The first-order valence-electron chi connectivity index (χ1n) is 4.68. The second-order valence-electron chi connectivity index (χ2n) is 4.05. The summed E-state index contributed by atoms with van der Waals surface area (Å²) in [6, 6.07) is 5.28. The van der Waals surface area contributed by atoms with Crippen LogP contribution in [0.4, 0.5) is 11.6 Å². The smallest absolute Gasteiger partial charge is 0.224 e. The number of amides is 1. The number of nitrogen functional groups attached to an aromatic ring is 1. The van der Waals surface area contributed by atoms with Crippen LogP contribution in [0.3, 0.4) is 0 Å². The third-order valence-corrected chi connectivity index (χ3v) is 2.15. The van der Waals surface area contributed by atoms with E-state index >= 15 is 0 Å². The molecule has 0 spiro atoms. The number of nitrogens with one attached hydrogen (secondary N) is 1. The number of anilines is 2. The molecule has 0 fully saturated rings. The Labute approximate surface area is 88.9 Å². The molecule has 1 rings (SSSR count). The fourth-order valence-corrected chi connectivity index (χ4v) is 0.949. The average Bonchev–Trinajstić information content (AvgIpc) is 2.15. The number of carbonyl (C=O) groups excluding carboxylic acids is 1. The zero-order valence-corrected chi connectivity index (χ0v) is 8.95. The number of hydrogen-bond acceptors (Lipinski definition) is 4. The van der Waals surface area contributed by atoms with Gasteiger partial charge in [-0.3, -0.25) is 4.79 Å². The quantitative estimate of drug-likeness (QED) is 0.675. The van der Waals surface area contributed by atoms with Gasteiger partial charge >= 0.3 is 0 Å². The molecule has 15 heavy (non-hydrogen) atoms. The lowest BCUT2D eigenvalue weighted by atomic mass is 9.93. The summed E-state index contributed by atoms with van der Waals surface area (Å²) in [7, 11) is 0. The van der Waals surface area contributed by atoms with Crippen LogP contribution >= 0.6 is 0 Å². The third kappa shape index (κ3) is 3.12. The molecule has 1 amide bonds. The van der Waals surface area contributed by atoms with Crippen LogP contribution in [0.1, 0.15) is 13.8 Å². The van der Waals surface area contributed by atoms with Crippen LogP contribution in [-0.4, -0.2) is 17.4 Å². The highest BCUT2D eigenvalue weighted by Gasteiger charge is 2.24. The lowest BCUT2D eigenvalue weighted by Crippen LogP contribution is -2.37. The largest absolute Gasteiger partial charge is 0.384 e. The lowest BCUT2D eigenvalue weighted by molar-refractivity contribution is -0.125. The van der Waals surface area contributed by atoms with Gasteiger partial charge in [-0.05, 0) is 26.0 Å². The maximum Gasteiger partial charge on any atom is 0.224 e. The highest BCUT2D eigenvalue weighted by molar-refractivity contribution is 5.80. The Kier molecular flexibility index (Phi) is 3.14.